The SMILES string of the molecule is CCCCNc1cc(CNc2cccc(-c3ccc(Oc4c(NCCCC)cc(CSc5nc6ccccc6s5)cc4S(N)(=O)=O)cc3)n2)cc(S(N)(=O)=O)c1Oc1ccccc1. The molecule has 0 unspecified atom stereocenters. The van der Waals surface area contributed by atoms with Gasteiger partial charge in [0.15, 0.2) is 15.8 Å². The van der Waals surface area contributed by atoms with Crippen molar-refractivity contribution in [3.63, 3.8) is 0 Å². The average molecular weight is 924 g/mol. The van der Waals surface area contributed by atoms with Crippen LogP contribution in [-0.2, 0) is 32.3 Å². The highest BCUT2D eigenvalue weighted by Gasteiger charge is 2.24. The monoisotopic (exact) mass is 923 g/mol. The predicted molar refractivity (Wildman–Crippen MR) is 255 cm³/mol. The third-order valence-electron chi connectivity index (χ3n) is 9.73. The number of rotatable bonds is 21. The number of nitrogens with zero attached hydrogens (tertiary/aromatic N) is 2. The van der Waals surface area contributed by atoms with E-state index in [0.29, 0.717) is 58.8 Å². The Morgan fingerprint density at radius 3 is 1.84 bits per heavy atom. The summed E-state index contributed by atoms with van der Waals surface area (Å²) in [7, 11) is -8.37. The summed E-state index contributed by atoms with van der Waals surface area (Å²) in [4.78, 5) is 9.27. The zero-order chi connectivity index (χ0) is 44.4. The first-order valence-corrected chi connectivity index (χ1v) is 25.3. The number of benzene rings is 5. The predicted octanol–water partition coefficient (Wildman–Crippen LogP) is 10.6. The van der Waals surface area contributed by atoms with Gasteiger partial charge in [-0.25, -0.2) is 37.1 Å². The van der Waals surface area contributed by atoms with Gasteiger partial charge >= 0.3 is 0 Å². The van der Waals surface area contributed by atoms with Gasteiger partial charge in [0.25, 0.3) is 0 Å². The normalized spacial score (nSPS) is 11.7. The summed E-state index contributed by atoms with van der Waals surface area (Å²) >= 11 is 3.12. The Kier molecular flexibility index (Phi) is 14.9. The number of aromatic nitrogens is 2. The molecule has 0 saturated carbocycles. The topological polar surface area (TPSA) is 201 Å². The number of primary sulfonamides is 2. The summed E-state index contributed by atoms with van der Waals surface area (Å²) < 4.78 is 66.4. The Hall–Kier alpha value is -5.69. The van der Waals surface area contributed by atoms with Crippen molar-refractivity contribution in [2.45, 2.75) is 66.0 Å². The number of para-hydroxylation sites is 2. The number of fused-ring (bicyclic) bond motifs is 1. The van der Waals surface area contributed by atoms with Crippen LogP contribution >= 0.6 is 23.1 Å². The summed E-state index contributed by atoms with van der Waals surface area (Å²) in [5.74, 6) is 2.16. The van der Waals surface area contributed by atoms with Crippen LogP contribution in [0.4, 0.5) is 17.2 Å². The molecule has 7 aromatic rings. The van der Waals surface area contributed by atoms with Crippen LogP contribution in [0.15, 0.2) is 135 Å². The maximum absolute atomic E-state index is 13.1. The highest BCUT2D eigenvalue weighted by Crippen LogP contribution is 2.41. The van der Waals surface area contributed by atoms with Crippen molar-refractivity contribution in [3.05, 3.63) is 132 Å². The molecule has 328 valence electrons. The first kappa shape index (κ1) is 45.3. The van der Waals surface area contributed by atoms with E-state index in [9.17, 15) is 16.8 Å². The van der Waals surface area contributed by atoms with E-state index in [1.54, 1.807) is 53.8 Å². The summed E-state index contributed by atoms with van der Waals surface area (Å²) in [5.41, 5.74) is 4.80. The molecular formula is C46H49N7O6S4. The molecule has 5 aromatic carbocycles. The Balaban J connectivity index is 1.10. The van der Waals surface area contributed by atoms with Crippen molar-refractivity contribution in [1.82, 2.24) is 9.97 Å². The molecule has 0 aliphatic heterocycles. The van der Waals surface area contributed by atoms with Gasteiger partial charge in [-0.05, 0) is 109 Å². The fraction of sp³-hybridized carbons (Fsp3) is 0.217. The number of ether oxygens (including phenoxy) is 2. The van der Waals surface area contributed by atoms with Gasteiger partial charge in [-0.3, -0.25) is 0 Å². The number of hydrogen-bond donors (Lipinski definition) is 5. The van der Waals surface area contributed by atoms with E-state index in [2.05, 4.69) is 29.8 Å². The van der Waals surface area contributed by atoms with Crippen molar-refractivity contribution in [2.24, 2.45) is 10.3 Å². The van der Waals surface area contributed by atoms with Gasteiger partial charge in [-0.15, -0.1) is 11.3 Å². The summed E-state index contributed by atoms with van der Waals surface area (Å²) in [6.45, 7) is 5.61. The number of thioether (sulfide) groups is 1. The first-order valence-electron chi connectivity index (χ1n) is 20.5. The fourth-order valence-corrected chi connectivity index (χ4v) is 10.0. The number of nitrogens with one attached hydrogen (secondary N) is 3. The zero-order valence-electron chi connectivity index (χ0n) is 34.8. The number of sulfonamides is 2. The lowest BCUT2D eigenvalue weighted by atomic mass is 10.1. The minimum Gasteiger partial charge on any atom is -0.454 e. The zero-order valence-corrected chi connectivity index (χ0v) is 38.1. The maximum atomic E-state index is 13.1. The van der Waals surface area contributed by atoms with Crippen LogP contribution in [0.2, 0.25) is 0 Å². The lowest BCUT2D eigenvalue weighted by Crippen LogP contribution is -2.16. The van der Waals surface area contributed by atoms with Crippen molar-refractivity contribution in [3.8, 4) is 34.3 Å². The van der Waals surface area contributed by atoms with Crippen molar-refractivity contribution >= 4 is 70.6 Å². The molecule has 0 amide bonds. The molecule has 7 N–H and O–H groups in total. The van der Waals surface area contributed by atoms with E-state index in [1.807, 2.05) is 72.8 Å². The Labute approximate surface area is 376 Å². The number of pyridine rings is 1. The van der Waals surface area contributed by atoms with Gasteiger partial charge in [0.05, 0.1) is 27.3 Å². The molecule has 0 radical (unpaired) electrons. The van der Waals surface area contributed by atoms with Gasteiger partial charge in [0.1, 0.15) is 27.1 Å². The lowest BCUT2D eigenvalue weighted by Gasteiger charge is -2.18. The van der Waals surface area contributed by atoms with Crippen molar-refractivity contribution in [2.75, 3.05) is 29.0 Å². The van der Waals surface area contributed by atoms with Gasteiger partial charge in [0.2, 0.25) is 20.0 Å². The molecule has 7 rings (SSSR count). The molecule has 2 heterocycles. The molecule has 0 aliphatic rings. The van der Waals surface area contributed by atoms with E-state index in [1.165, 1.54) is 17.8 Å². The third kappa shape index (κ3) is 12.1. The molecule has 0 saturated heterocycles. The number of unbranched alkanes of at least 4 members (excludes halogenated alkanes) is 2. The van der Waals surface area contributed by atoms with Crippen LogP contribution in [0.25, 0.3) is 21.5 Å². The molecule has 2 aromatic heterocycles. The summed E-state index contributed by atoms with van der Waals surface area (Å²) in [5, 5.41) is 21.6. The molecule has 0 fully saturated rings. The highest BCUT2D eigenvalue weighted by molar-refractivity contribution is 8.00. The van der Waals surface area contributed by atoms with Gasteiger partial charge in [-0.2, -0.15) is 0 Å². The molecule has 0 atom stereocenters. The number of anilines is 3. The second kappa shape index (κ2) is 20.7. The molecule has 0 spiro atoms. The van der Waals surface area contributed by atoms with E-state index < -0.39 is 20.0 Å². The fourth-order valence-electron chi connectivity index (χ4n) is 6.56. The van der Waals surface area contributed by atoms with E-state index in [4.69, 9.17) is 29.7 Å². The molecule has 63 heavy (non-hydrogen) atoms. The third-order valence-corrected chi connectivity index (χ3v) is 13.8. The second-order valence-electron chi connectivity index (χ2n) is 14.6. The Bertz CT molecular complexity index is 2860. The van der Waals surface area contributed by atoms with Crippen LogP contribution in [-0.4, -0.2) is 39.9 Å². The molecule has 0 bridgehead atoms. The largest absolute Gasteiger partial charge is 0.454 e. The van der Waals surface area contributed by atoms with E-state index in [-0.39, 0.29) is 27.8 Å². The Morgan fingerprint density at radius 2 is 1.22 bits per heavy atom. The first-order chi connectivity index (χ1) is 30.4. The van der Waals surface area contributed by atoms with Crippen LogP contribution in [0.1, 0.15) is 50.7 Å². The van der Waals surface area contributed by atoms with E-state index in [0.717, 1.165) is 51.4 Å². The minimum absolute atomic E-state index is 0.119. The van der Waals surface area contributed by atoms with Crippen LogP contribution in [0.5, 0.6) is 23.0 Å². The molecular weight excluding hydrogens is 875 g/mol. The second-order valence-corrected chi connectivity index (χ2v) is 19.9. The number of thiazole rings is 1. The van der Waals surface area contributed by atoms with Gasteiger partial charge in [-0.1, -0.05) is 74.8 Å². The van der Waals surface area contributed by atoms with Crippen molar-refractivity contribution in [1.29, 1.82) is 0 Å². The number of nitrogens with two attached hydrogens (primary N) is 2. The minimum atomic E-state index is -4.20. The van der Waals surface area contributed by atoms with Crippen LogP contribution in [0, 0.1) is 0 Å². The smallest absolute Gasteiger partial charge is 0.241 e. The highest BCUT2D eigenvalue weighted by atomic mass is 32.2. The van der Waals surface area contributed by atoms with E-state index >= 15 is 0 Å². The number of hydrogen-bond acceptors (Lipinski definition) is 13. The Morgan fingerprint density at radius 1 is 0.635 bits per heavy atom. The average Bonchev–Trinajstić information content (AvgIpc) is 3.69. The summed E-state index contributed by atoms with van der Waals surface area (Å²) in [6, 6.07) is 36.4. The van der Waals surface area contributed by atoms with Crippen molar-refractivity contribution < 1.29 is 26.3 Å². The summed E-state index contributed by atoms with van der Waals surface area (Å²) in [6.07, 6.45) is 3.63. The molecule has 17 heteroatoms. The lowest BCUT2D eigenvalue weighted by molar-refractivity contribution is 0.468. The quantitative estimate of drug-likeness (QED) is 0.0338. The molecule has 0 aliphatic carbocycles. The van der Waals surface area contributed by atoms with Crippen LogP contribution in [0.3, 0.4) is 0 Å². The van der Waals surface area contributed by atoms with Crippen LogP contribution < -0.4 is 35.7 Å². The van der Waals surface area contributed by atoms with Gasteiger partial charge < -0.3 is 25.4 Å². The molecule has 13 nitrogen and oxygen atoms in total. The standard InChI is InChI=1S/C46H49N7O6S4/c1-3-5-23-49-38-25-31(27-41(62(47,54)55)44(38)58-34-13-8-7-9-14-34)29-51-43-18-12-16-36(52-43)33-19-21-35(22-20-33)59-45-39(50-24-6-4-2)26-32(28-42(45)63(48,56)57)30-60-46-53-37-15-10-11-17-40(37)61-46/h7-22,25-28,49-50H,3-6,23-24,29-30H2,1-2H3,(H,51,52)(H2,47,54,55)(H2,48,56,57). The maximum Gasteiger partial charge on any atom is 0.241 e. The van der Waals surface area contributed by atoms with Gasteiger partial charge in [0, 0.05) is 31.0 Å².